The van der Waals surface area contributed by atoms with E-state index in [0.29, 0.717) is 12.1 Å². The summed E-state index contributed by atoms with van der Waals surface area (Å²) < 4.78 is 7.63. The zero-order valence-electron chi connectivity index (χ0n) is 18.7. The van der Waals surface area contributed by atoms with E-state index in [9.17, 15) is 4.79 Å². The van der Waals surface area contributed by atoms with Gasteiger partial charge in [0.15, 0.2) is 0 Å². The molecule has 7 heteroatoms. The minimum absolute atomic E-state index is 0.0692. The van der Waals surface area contributed by atoms with E-state index in [1.807, 2.05) is 74.9 Å². The molecule has 0 radical (unpaired) electrons. The number of hydrogen-bond acceptors (Lipinski definition) is 5. The van der Waals surface area contributed by atoms with Gasteiger partial charge in [-0.1, -0.05) is 23.4 Å². The Balaban J connectivity index is 1.32. The number of carbonyl (C=O) groups is 1. The van der Waals surface area contributed by atoms with E-state index in [1.165, 1.54) is 0 Å². The van der Waals surface area contributed by atoms with Gasteiger partial charge in [-0.15, -0.1) is 5.10 Å². The number of furan rings is 1. The van der Waals surface area contributed by atoms with Gasteiger partial charge in [-0.2, -0.15) is 0 Å². The fourth-order valence-corrected chi connectivity index (χ4v) is 3.87. The molecule has 0 aliphatic carbocycles. The van der Waals surface area contributed by atoms with E-state index in [0.717, 1.165) is 51.8 Å². The molecule has 1 N–H and O–H groups in total. The van der Waals surface area contributed by atoms with Gasteiger partial charge in [0, 0.05) is 28.4 Å². The minimum Gasteiger partial charge on any atom is -0.456 e. The second-order valence-electron chi connectivity index (χ2n) is 8.32. The molecule has 2 aromatic heterocycles. The van der Waals surface area contributed by atoms with Crippen LogP contribution in [0.15, 0.2) is 77.3 Å². The summed E-state index contributed by atoms with van der Waals surface area (Å²) in [5.41, 5.74) is 4.92. The lowest BCUT2D eigenvalue weighted by Gasteiger charge is -2.10. The van der Waals surface area contributed by atoms with Crippen molar-refractivity contribution in [2.75, 3.05) is 27.2 Å². The molecule has 33 heavy (non-hydrogen) atoms. The van der Waals surface area contributed by atoms with Crippen LogP contribution < -0.4 is 5.32 Å². The average molecular weight is 440 g/mol. The highest BCUT2D eigenvalue weighted by atomic mass is 16.3. The lowest BCUT2D eigenvalue weighted by atomic mass is 10.1. The maximum Gasteiger partial charge on any atom is 0.251 e. The first-order chi connectivity index (χ1) is 16.1. The Kier molecular flexibility index (Phi) is 5.62. The zero-order chi connectivity index (χ0) is 22.8. The van der Waals surface area contributed by atoms with Crippen molar-refractivity contribution in [3.05, 3.63) is 78.5 Å². The summed E-state index contributed by atoms with van der Waals surface area (Å²) in [6.45, 7) is 1.60. The number of hydrogen-bond donors (Lipinski definition) is 1. The third kappa shape index (κ3) is 4.36. The second kappa shape index (κ2) is 8.88. The molecular formula is C26H25N5O2. The van der Waals surface area contributed by atoms with E-state index in [2.05, 4.69) is 32.7 Å². The highest BCUT2D eigenvalue weighted by Gasteiger charge is 2.11. The van der Waals surface area contributed by atoms with E-state index >= 15 is 0 Å². The normalized spacial score (nSPS) is 11.5. The van der Waals surface area contributed by atoms with Crippen LogP contribution in [0.25, 0.3) is 38.9 Å². The van der Waals surface area contributed by atoms with Crippen LogP contribution in [0.5, 0.6) is 0 Å². The van der Waals surface area contributed by atoms with Crippen LogP contribution in [-0.2, 0) is 0 Å². The number of nitrogens with one attached hydrogen (secondary N) is 1. The summed E-state index contributed by atoms with van der Waals surface area (Å²) in [5.74, 6) is -0.0692. The van der Waals surface area contributed by atoms with E-state index < -0.39 is 0 Å². The zero-order valence-corrected chi connectivity index (χ0v) is 18.7. The monoisotopic (exact) mass is 439 g/mol. The SMILES string of the molecule is CN(C)CCCNC(=O)c1ccc(-n2cc(-c3ccc4oc5ccccc5c4c3)nn2)cc1. The smallest absolute Gasteiger partial charge is 0.251 e. The number of fused-ring (bicyclic) bond motifs is 3. The molecule has 2 heterocycles. The first-order valence-electron chi connectivity index (χ1n) is 11.0. The molecule has 166 valence electrons. The number of aromatic nitrogens is 3. The molecule has 0 aliphatic heterocycles. The molecule has 5 rings (SSSR count). The second-order valence-corrected chi connectivity index (χ2v) is 8.32. The van der Waals surface area contributed by atoms with Gasteiger partial charge in [0.05, 0.1) is 11.9 Å². The molecular weight excluding hydrogens is 414 g/mol. The highest BCUT2D eigenvalue weighted by Crippen LogP contribution is 2.31. The average Bonchev–Trinajstić information content (AvgIpc) is 3.46. The summed E-state index contributed by atoms with van der Waals surface area (Å²) in [4.78, 5) is 14.4. The van der Waals surface area contributed by atoms with Crippen LogP contribution in [0, 0.1) is 0 Å². The van der Waals surface area contributed by atoms with Crippen molar-refractivity contribution in [2.24, 2.45) is 0 Å². The topological polar surface area (TPSA) is 76.2 Å². The molecule has 0 aliphatic rings. The Morgan fingerprint density at radius 2 is 1.79 bits per heavy atom. The molecule has 3 aromatic carbocycles. The van der Waals surface area contributed by atoms with Crippen LogP contribution in [0.3, 0.4) is 0 Å². The van der Waals surface area contributed by atoms with Gasteiger partial charge in [0.2, 0.25) is 0 Å². The van der Waals surface area contributed by atoms with Gasteiger partial charge >= 0.3 is 0 Å². The first kappa shape index (κ1) is 20.9. The van der Waals surface area contributed by atoms with Crippen molar-refractivity contribution >= 4 is 27.8 Å². The number of nitrogens with zero attached hydrogens (tertiary/aromatic N) is 4. The third-order valence-corrected chi connectivity index (χ3v) is 5.63. The van der Waals surface area contributed by atoms with E-state index in [4.69, 9.17) is 4.42 Å². The lowest BCUT2D eigenvalue weighted by Crippen LogP contribution is -2.27. The van der Waals surface area contributed by atoms with Crippen LogP contribution >= 0.6 is 0 Å². The Morgan fingerprint density at radius 1 is 1.00 bits per heavy atom. The minimum atomic E-state index is -0.0692. The van der Waals surface area contributed by atoms with Crippen molar-refractivity contribution < 1.29 is 9.21 Å². The Bertz CT molecular complexity index is 1420. The molecule has 0 saturated heterocycles. The molecule has 0 atom stereocenters. The molecule has 1 amide bonds. The largest absolute Gasteiger partial charge is 0.456 e. The quantitative estimate of drug-likeness (QED) is 0.378. The predicted molar refractivity (Wildman–Crippen MR) is 130 cm³/mol. The molecule has 0 fully saturated rings. The number of amides is 1. The standard InChI is InChI=1S/C26H25N5O2/c1-30(2)15-5-14-27-26(32)18-8-11-20(12-9-18)31-17-23(28-29-31)19-10-13-25-22(16-19)21-6-3-4-7-24(21)33-25/h3-4,6-13,16-17H,5,14-15H2,1-2H3,(H,27,32). The third-order valence-electron chi connectivity index (χ3n) is 5.63. The first-order valence-corrected chi connectivity index (χ1v) is 11.0. The number of carbonyl (C=O) groups excluding carboxylic acids is 1. The Morgan fingerprint density at radius 3 is 2.61 bits per heavy atom. The summed E-state index contributed by atoms with van der Waals surface area (Å²) in [5, 5.41) is 13.7. The molecule has 0 saturated carbocycles. The fourth-order valence-electron chi connectivity index (χ4n) is 3.87. The number of para-hydroxylation sites is 1. The van der Waals surface area contributed by atoms with Crippen LogP contribution in [-0.4, -0.2) is 53.0 Å². The Labute approximate surface area is 191 Å². The van der Waals surface area contributed by atoms with Crippen LogP contribution in [0.2, 0.25) is 0 Å². The molecule has 7 nitrogen and oxygen atoms in total. The molecule has 0 bridgehead atoms. The molecule has 0 unspecified atom stereocenters. The van der Waals surface area contributed by atoms with Crippen molar-refractivity contribution in [3.8, 4) is 16.9 Å². The van der Waals surface area contributed by atoms with Gasteiger partial charge in [-0.3, -0.25) is 4.79 Å². The summed E-state index contributed by atoms with van der Waals surface area (Å²) >= 11 is 0. The Hall–Kier alpha value is -3.97. The van der Waals surface area contributed by atoms with Crippen molar-refractivity contribution in [1.29, 1.82) is 0 Å². The van der Waals surface area contributed by atoms with Crippen molar-refractivity contribution in [3.63, 3.8) is 0 Å². The van der Waals surface area contributed by atoms with Gasteiger partial charge in [-0.05, 0) is 75.6 Å². The lowest BCUT2D eigenvalue weighted by molar-refractivity contribution is 0.0952. The van der Waals surface area contributed by atoms with Gasteiger partial charge in [-0.25, -0.2) is 4.68 Å². The predicted octanol–water partition coefficient (Wildman–Crippen LogP) is 4.52. The molecule has 0 spiro atoms. The maximum atomic E-state index is 12.3. The van der Waals surface area contributed by atoms with Crippen molar-refractivity contribution in [1.82, 2.24) is 25.2 Å². The van der Waals surface area contributed by atoms with Crippen LogP contribution in [0.1, 0.15) is 16.8 Å². The number of rotatable bonds is 7. The molecule has 5 aromatic rings. The summed E-state index contributed by atoms with van der Waals surface area (Å²) in [7, 11) is 4.04. The maximum absolute atomic E-state index is 12.3. The van der Waals surface area contributed by atoms with Gasteiger partial charge in [0.25, 0.3) is 5.91 Å². The van der Waals surface area contributed by atoms with E-state index in [1.54, 1.807) is 4.68 Å². The van der Waals surface area contributed by atoms with Gasteiger partial charge in [0.1, 0.15) is 16.9 Å². The summed E-state index contributed by atoms with van der Waals surface area (Å²) in [6, 6.07) is 21.4. The fraction of sp³-hybridized carbons (Fsp3) is 0.192. The highest BCUT2D eigenvalue weighted by molar-refractivity contribution is 6.06. The van der Waals surface area contributed by atoms with Crippen LogP contribution in [0.4, 0.5) is 0 Å². The number of benzene rings is 3. The summed E-state index contributed by atoms with van der Waals surface area (Å²) in [6.07, 6.45) is 2.80. The van der Waals surface area contributed by atoms with E-state index in [-0.39, 0.29) is 5.91 Å². The van der Waals surface area contributed by atoms with Crippen molar-refractivity contribution in [2.45, 2.75) is 6.42 Å². The van der Waals surface area contributed by atoms with Gasteiger partial charge < -0.3 is 14.6 Å².